The molecule has 0 aromatic carbocycles. The van der Waals surface area contributed by atoms with E-state index in [2.05, 4.69) is 16.9 Å². The highest BCUT2D eigenvalue weighted by Crippen LogP contribution is 2.40. The summed E-state index contributed by atoms with van der Waals surface area (Å²) in [6, 6.07) is 5.37. The largest absolute Gasteiger partial charge is 0.377 e. The molecule has 3 heterocycles. The molecule has 2 aromatic rings. The number of carbonyl (C=O) groups is 1. The number of likely N-dealkylation sites (tertiary alicyclic amines) is 1. The molecule has 1 aliphatic heterocycles. The highest BCUT2D eigenvalue weighted by Gasteiger charge is 2.43. The molecule has 2 N–H and O–H groups in total. The second kappa shape index (κ2) is 7.14. The highest BCUT2D eigenvalue weighted by atomic mass is 16.2. The van der Waals surface area contributed by atoms with Crippen LogP contribution >= 0.6 is 0 Å². The first-order chi connectivity index (χ1) is 13.5. The molecule has 1 unspecified atom stereocenters. The molecular formula is C21H24N4O3. The molecule has 1 saturated carbocycles. The molecular weight excluding hydrogens is 356 g/mol. The van der Waals surface area contributed by atoms with Crippen LogP contribution in [0.25, 0.3) is 11.1 Å². The summed E-state index contributed by atoms with van der Waals surface area (Å²) in [7, 11) is 1.70. The molecule has 1 atom stereocenters. The maximum atomic E-state index is 12.4. The van der Waals surface area contributed by atoms with Crippen LogP contribution in [0.3, 0.4) is 0 Å². The standard InChI is InChI=1S/C21H24N4O3/c1-3-18(26)25-11-16(12-25)20(13-4-5-13)23-17-8-15(10-22-21(17)28)14-6-7-24(2)19(27)9-14/h3,6-10,13,16,20,23H,1,4-5,11-12H2,2H3,(H,22,28). The van der Waals surface area contributed by atoms with Crippen LogP contribution in [0.5, 0.6) is 0 Å². The number of anilines is 1. The molecule has 2 aliphatic rings. The number of pyridine rings is 2. The van der Waals surface area contributed by atoms with Gasteiger partial charge in [0, 0.05) is 56.1 Å². The molecule has 7 heteroatoms. The number of aryl methyl sites for hydroxylation is 1. The van der Waals surface area contributed by atoms with E-state index >= 15 is 0 Å². The first-order valence-electron chi connectivity index (χ1n) is 9.54. The van der Waals surface area contributed by atoms with Crippen molar-refractivity contribution >= 4 is 11.6 Å². The zero-order valence-corrected chi connectivity index (χ0v) is 15.9. The van der Waals surface area contributed by atoms with Crippen molar-refractivity contribution in [1.29, 1.82) is 0 Å². The van der Waals surface area contributed by atoms with Gasteiger partial charge in [0.05, 0.1) is 0 Å². The van der Waals surface area contributed by atoms with Gasteiger partial charge in [0.1, 0.15) is 5.69 Å². The Labute approximate surface area is 162 Å². The molecule has 7 nitrogen and oxygen atoms in total. The number of carbonyl (C=O) groups excluding carboxylic acids is 1. The molecule has 0 radical (unpaired) electrons. The Kier molecular flexibility index (Phi) is 4.66. The lowest BCUT2D eigenvalue weighted by molar-refractivity contribution is -0.132. The first kappa shape index (κ1) is 18.3. The van der Waals surface area contributed by atoms with Crippen molar-refractivity contribution in [2.75, 3.05) is 18.4 Å². The molecule has 0 spiro atoms. The van der Waals surface area contributed by atoms with Crippen LogP contribution in [-0.2, 0) is 11.8 Å². The Bertz CT molecular complexity index is 1030. The maximum absolute atomic E-state index is 12.4. The van der Waals surface area contributed by atoms with Crippen molar-refractivity contribution in [3.63, 3.8) is 0 Å². The zero-order valence-electron chi connectivity index (χ0n) is 15.9. The van der Waals surface area contributed by atoms with Gasteiger partial charge in [-0.3, -0.25) is 14.4 Å². The molecule has 1 saturated heterocycles. The summed E-state index contributed by atoms with van der Waals surface area (Å²) in [5, 5.41) is 3.43. The maximum Gasteiger partial charge on any atom is 0.271 e. The number of hydrogen-bond donors (Lipinski definition) is 2. The van der Waals surface area contributed by atoms with E-state index in [4.69, 9.17) is 0 Å². The highest BCUT2D eigenvalue weighted by molar-refractivity contribution is 5.87. The van der Waals surface area contributed by atoms with Crippen molar-refractivity contribution in [3.05, 3.63) is 64.0 Å². The summed E-state index contributed by atoms with van der Waals surface area (Å²) >= 11 is 0. The molecule has 28 heavy (non-hydrogen) atoms. The van der Waals surface area contributed by atoms with E-state index in [1.807, 2.05) is 6.07 Å². The number of aromatic nitrogens is 2. The number of hydrogen-bond acceptors (Lipinski definition) is 4. The predicted octanol–water partition coefficient (Wildman–Crippen LogP) is 1.58. The number of nitrogens with zero attached hydrogens (tertiary/aromatic N) is 2. The van der Waals surface area contributed by atoms with Crippen LogP contribution in [0.15, 0.2) is 52.8 Å². The third-order valence-corrected chi connectivity index (χ3v) is 5.70. The van der Waals surface area contributed by atoms with E-state index in [9.17, 15) is 14.4 Å². The van der Waals surface area contributed by atoms with E-state index in [1.54, 1.807) is 36.5 Å². The Morgan fingerprint density at radius 2 is 2.00 bits per heavy atom. The zero-order chi connectivity index (χ0) is 19.8. The smallest absolute Gasteiger partial charge is 0.271 e. The van der Waals surface area contributed by atoms with Crippen molar-refractivity contribution in [3.8, 4) is 11.1 Å². The first-order valence-corrected chi connectivity index (χ1v) is 9.54. The van der Waals surface area contributed by atoms with Gasteiger partial charge in [-0.25, -0.2) is 0 Å². The van der Waals surface area contributed by atoms with Crippen LogP contribution in [0, 0.1) is 11.8 Å². The van der Waals surface area contributed by atoms with Crippen molar-refractivity contribution in [1.82, 2.24) is 14.5 Å². The summed E-state index contributed by atoms with van der Waals surface area (Å²) in [4.78, 5) is 40.6. The quantitative estimate of drug-likeness (QED) is 0.745. The topological polar surface area (TPSA) is 87.2 Å². The average molecular weight is 380 g/mol. The Morgan fingerprint density at radius 3 is 2.64 bits per heavy atom. The lowest BCUT2D eigenvalue weighted by Crippen LogP contribution is -2.56. The molecule has 2 aromatic heterocycles. The summed E-state index contributed by atoms with van der Waals surface area (Å²) in [6.45, 7) is 4.91. The third-order valence-electron chi connectivity index (χ3n) is 5.70. The summed E-state index contributed by atoms with van der Waals surface area (Å²) in [5.41, 5.74) is 1.76. The third kappa shape index (κ3) is 3.52. The van der Waals surface area contributed by atoms with Crippen LogP contribution in [0.4, 0.5) is 5.69 Å². The van der Waals surface area contributed by atoms with Crippen molar-refractivity contribution in [2.24, 2.45) is 18.9 Å². The summed E-state index contributed by atoms with van der Waals surface area (Å²) < 4.78 is 1.50. The molecule has 2 fully saturated rings. The normalized spacial score (nSPS) is 17.7. The van der Waals surface area contributed by atoms with Gasteiger partial charge in [-0.05, 0) is 42.5 Å². The molecule has 1 aliphatic carbocycles. The van der Waals surface area contributed by atoms with E-state index in [1.165, 1.54) is 10.6 Å². The van der Waals surface area contributed by atoms with Gasteiger partial charge >= 0.3 is 0 Å². The van der Waals surface area contributed by atoms with Crippen LogP contribution in [-0.4, -0.2) is 39.5 Å². The van der Waals surface area contributed by atoms with Crippen molar-refractivity contribution in [2.45, 2.75) is 18.9 Å². The minimum Gasteiger partial charge on any atom is -0.377 e. The second-order valence-electron chi connectivity index (χ2n) is 7.71. The van der Waals surface area contributed by atoms with Gasteiger partial charge in [0.2, 0.25) is 5.91 Å². The number of H-pyrrole nitrogens is 1. The second-order valence-corrected chi connectivity index (χ2v) is 7.71. The van der Waals surface area contributed by atoms with E-state index in [-0.39, 0.29) is 23.1 Å². The van der Waals surface area contributed by atoms with E-state index < -0.39 is 0 Å². The van der Waals surface area contributed by atoms with Gasteiger partial charge in [-0.1, -0.05) is 6.58 Å². The van der Waals surface area contributed by atoms with Gasteiger partial charge < -0.3 is 19.8 Å². The van der Waals surface area contributed by atoms with Gasteiger partial charge in [0.25, 0.3) is 11.1 Å². The van der Waals surface area contributed by atoms with Crippen molar-refractivity contribution < 1.29 is 4.79 Å². The molecule has 4 rings (SSSR count). The SMILES string of the molecule is C=CC(=O)N1CC(C(Nc2cc(-c3ccn(C)c(=O)c3)c[nH]c2=O)C2CC2)C1. The minimum absolute atomic E-state index is 0.0451. The minimum atomic E-state index is -0.184. The van der Waals surface area contributed by atoms with Gasteiger partial charge in [-0.15, -0.1) is 0 Å². The van der Waals surface area contributed by atoms with Gasteiger partial charge in [0.15, 0.2) is 0 Å². The number of rotatable bonds is 6. The lowest BCUT2D eigenvalue weighted by atomic mass is 9.88. The van der Waals surface area contributed by atoms with Crippen LogP contribution < -0.4 is 16.4 Å². The fraction of sp³-hybridized carbons (Fsp3) is 0.381. The van der Waals surface area contributed by atoms with Crippen LogP contribution in [0.1, 0.15) is 12.8 Å². The molecule has 1 amide bonds. The fourth-order valence-corrected chi connectivity index (χ4v) is 3.79. The van der Waals surface area contributed by atoms with Crippen LogP contribution in [0.2, 0.25) is 0 Å². The Hall–Kier alpha value is -3.09. The Morgan fingerprint density at radius 1 is 1.25 bits per heavy atom. The Balaban J connectivity index is 1.55. The monoisotopic (exact) mass is 380 g/mol. The van der Waals surface area contributed by atoms with E-state index in [0.717, 1.165) is 24.0 Å². The number of nitrogens with one attached hydrogen (secondary N) is 2. The fourth-order valence-electron chi connectivity index (χ4n) is 3.79. The number of amides is 1. The summed E-state index contributed by atoms with van der Waals surface area (Å²) in [5.74, 6) is 0.804. The predicted molar refractivity (Wildman–Crippen MR) is 108 cm³/mol. The summed E-state index contributed by atoms with van der Waals surface area (Å²) in [6.07, 6.45) is 6.95. The average Bonchev–Trinajstić information content (AvgIpc) is 3.48. The molecule has 146 valence electrons. The van der Waals surface area contributed by atoms with Gasteiger partial charge in [-0.2, -0.15) is 0 Å². The number of aromatic amines is 1. The molecule has 0 bridgehead atoms. The van der Waals surface area contributed by atoms with E-state index in [0.29, 0.717) is 30.6 Å². The lowest BCUT2D eigenvalue weighted by Gasteiger charge is -2.43.